The van der Waals surface area contributed by atoms with Crippen LogP contribution in [-0.4, -0.2) is 15.2 Å². The van der Waals surface area contributed by atoms with Crippen molar-refractivity contribution in [3.63, 3.8) is 0 Å². The summed E-state index contributed by atoms with van der Waals surface area (Å²) in [4.78, 5) is 4.59. The molecule has 29 heavy (non-hydrogen) atoms. The predicted molar refractivity (Wildman–Crippen MR) is 116 cm³/mol. The molecule has 3 aromatic carbocycles. The number of aromatic hydroxyl groups is 1. The average molecular weight is 384 g/mol. The van der Waals surface area contributed by atoms with Crippen molar-refractivity contribution >= 4 is 0 Å². The Hall–Kier alpha value is -3.40. The van der Waals surface area contributed by atoms with Crippen LogP contribution in [0.1, 0.15) is 31.9 Å². The lowest BCUT2D eigenvalue weighted by molar-refractivity contribution is 0.425. The summed E-state index contributed by atoms with van der Waals surface area (Å²) in [6.07, 6.45) is 0. The van der Waals surface area contributed by atoms with Gasteiger partial charge in [0.1, 0.15) is 5.75 Å². The first-order valence-electron chi connectivity index (χ1n) is 9.67. The van der Waals surface area contributed by atoms with E-state index in [1.165, 1.54) is 0 Å². The highest BCUT2D eigenvalue weighted by Gasteiger charge is 2.23. The second-order valence-electron chi connectivity index (χ2n) is 8.27. The molecule has 1 aromatic heterocycles. The molecule has 0 bridgehead atoms. The molecule has 0 aliphatic heterocycles. The Morgan fingerprint density at radius 1 is 0.828 bits per heavy atom. The molecule has 4 heteroatoms. The molecule has 1 N–H and O–H groups in total. The zero-order valence-electron chi connectivity index (χ0n) is 17.1. The first-order chi connectivity index (χ1) is 13.8. The molecule has 0 atom stereocenters. The van der Waals surface area contributed by atoms with Gasteiger partial charge in [0.15, 0.2) is 0 Å². The summed E-state index contributed by atoms with van der Waals surface area (Å²) in [6.45, 7) is 8.44. The van der Waals surface area contributed by atoms with Gasteiger partial charge in [-0.25, -0.2) is 0 Å². The van der Waals surface area contributed by atoms with E-state index in [9.17, 15) is 5.11 Å². The molecule has 146 valence electrons. The van der Waals surface area contributed by atoms with Gasteiger partial charge in [-0.1, -0.05) is 80.5 Å². The topological polar surface area (TPSA) is 59.2 Å². The Kier molecular flexibility index (Phi) is 4.71. The molecule has 0 radical (unpaired) electrons. The number of phenolic OH excluding ortho intramolecular Hbond substituents is 1. The van der Waals surface area contributed by atoms with Gasteiger partial charge in [-0.2, -0.15) is 4.98 Å². The van der Waals surface area contributed by atoms with Crippen molar-refractivity contribution in [3.05, 3.63) is 77.9 Å². The first kappa shape index (κ1) is 18.9. The number of hydrogen-bond donors (Lipinski definition) is 1. The smallest absolute Gasteiger partial charge is 0.262 e. The van der Waals surface area contributed by atoms with E-state index in [1.807, 2.05) is 73.7 Å². The minimum Gasteiger partial charge on any atom is -0.506 e. The van der Waals surface area contributed by atoms with Crippen LogP contribution in [-0.2, 0) is 5.41 Å². The number of aryl methyl sites for hydroxylation is 1. The van der Waals surface area contributed by atoms with Crippen molar-refractivity contribution in [1.29, 1.82) is 0 Å². The van der Waals surface area contributed by atoms with Crippen molar-refractivity contribution in [1.82, 2.24) is 10.1 Å². The quantitative estimate of drug-likeness (QED) is 0.445. The molecule has 0 amide bonds. The van der Waals surface area contributed by atoms with E-state index in [2.05, 4.69) is 30.9 Å². The Morgan fingerprint density at radius 3 is 2.17 bits per heavy atom. The summed E-state index contributed by atoms with van der Waals surface area (Å²) >= 11 is 0. The van der Waals surface area contributed by atoms with E-state index in [4.69, 9.17) is 4.52 Å². The van der Waals surface area contributed by atoms with Gasteiger partial charge in [0.05, 0.1) is 5.56 Å². The summed E-state index contributed by atoms with van der Waals surface area (Å²) in [7, 11) is 0. The number of aromatic nitrogens is 2. The molecule has 0 fully saturated rings. The normalized spacial score (nSPS) is 11.6. The first-order valence-corrected chi connectivity index (χ1v) is 9.67. The minimum atomic E-state index is -0.106. The zero-order valence-corrected chi connectivity index (χ0v) is 17.1. The maximum Gasteiger partial charge on any atom is 0.262 e. The molecular weight excluding hydrogens is 360 g/mol. The lowest BCUT2D eigenvalue weighted by Gasteiger charge is -2.22. The van der Waals surface area contributed by atoms with Crippen molar-refractivity contribution in [2.45, 2.75) is 33.1 Å². The maximum atomic E-state index is 11.1. The van der Waals surface area contributed by atoms with Crippen molar-refractivity contribution in [3.8, 4) is 39.7 Å². The van der Waals surface area contributed by atoms with Crippen LogP contribution in [0.3, 0.4) is 0 Å². The van der Waals surface area contributed by atoms with Gasteiger partial charge in [0, 0.05) is 11.1 Å². The van der Waals surface area contributed by atoms with Gasteiger partial charge >= 0.3 is 0 Å². The third-order valence-electron chi connectivity index (χ3n) is 5.10. The van der Waals surface area contributed by atoms with Gasteiger partial charge in [-0.3, -0.25) is 0 Å². The fourth-order valence-electron chi connectivity index (χ4n) is 3.33. The van der Waals surface area contributed by atoms with Gasteiger partial charge in [0.25, 0.3) is 5.89 Å². The largest absolute Gasteiger partial charge is 0.506 e. The Balaban J connectivity index is 1.89. The van der Waals surface area contributed by atoms with Gasteiger partial charge in [-0.15, -0.1) is 0 Å². The van der Waals surface area contributed by atoms with Crippen LogP contribution in [0.4, 0.5) is 0 Å². The molecule has 0 spiro atoms. The molecular formula is C25H24N2O2. The minimum absolute atomic E-state index is 0.106. The van der Waals surface area contributed by atoms with Crippen LogP contribution in [0.2, 0.25) is 0 Å². The second-order valence-corrected chi connectivity index (χ2v) is 8.27. The molecule has 4 nitrogen and oxygen atoms in total. The van der Waals surface area contributed by atoms with E-state index in [-0.39, 0.29) is 11.2 Å². The summed E-state index contributed by atoms with van der Waals surface area (Å²) in [5, 5.41) is 15.3. The van der Waals surface area contributed by atoms with Crippen LogP contribution in [0.25, 0.3) is 34.0 Å². The number of nitrogens with zero attached hydrogens (tertiary/aromatic N) is 2. The Labute approximate surface area is 170 Å². The molecule has 4 rings (SSSR count). The number of rotatable bonds is 3. The number of hydrogen-bond acceptors (Lipinski definition) is 4. The van der Waals surface area contributed by atoms with Crippen molar-refractivity contribution in [2.24, 2.45) is 0 Å². The number of phenols is 1. The standard InChI is InChI=1S/C25H24N2O2/c1-16-10-8-9-13-19(16)23-26-24(29-27-23)21-15-18(25(2,3)4)14-20(22(21)28)17-11-6-5-7-12-17/h5-15,28H,1-4H3. The average Bonchev–Trinajstić information content (AvgIpc) is 3.18. The molecule has 0 unspecified atom stereocenters. The van der Waals surface area contributed by atoms with Crippen LogP contribution in [0, 0.1) is 6.92 Å². The van der Waals surface area contributed by atoms with Crippen LogP contribution < -0.4 is 0 Å². The van der Waals surface area contributed by atoms with Crippen molar-refractivity contribution in [2.75, 3.05) is 0 Å². The zero-order chi connectivity index (χ0) is 20.6. The monoisotopic (exact) mass is 384 g/mol. The van der Waals surface area contributed by atoms with Gasteiger partial charge in [-0.05, 0) is 41.2 Å². The van der Waals surface area contributed by atoms with Crippen molar-refractivity contribution < 1.29 is 9.63 Å². The molecule has 4 aromatic rings. The molecule has 0 aliphatic carbocycles. The molecule has 1 heterocycles. The molecule has 0 aliphatic rings. The van der Waals surface area contributed by atoms with Crippen LogP contribution in [0.5, 0.6) is 5.75 Å². The fraction of sp³-hybridized carbons (Fsp3) is 0.200. The van der Waals surface area contributed by atoms with E-state index in [0.717, 1.165) is 27.8 Å². The summed E-state index contributed by atoms with van der Waals surface area (Å²) < 4.78 is 5.58. The number of benzene rings is 3. The Morgan fingerprint density at radius 2 is 1.48 bits per heavy atom. The highest BCUT2D eigenvalue weighted by Crippen LogP contribution is 2.41. The lowest BCUT2D eigenvalue weighted by Crippen LogP contribution is -2.11. The predicted octanol–water partition coefficient (Wildman–Crippen LogP) is 6.38. The molecule has 0 saturated carbocycles. The van der Waals surface area contributed by atoms with Gasteiger partial charge in [0.2, 0.25) is 5.82 Å². The summed E-state index contributed by atoms with van der Waals surface area (Å²) in [5.74, 6) is 0.966. The Bertz CT molecular complexity index is 1160. The van der Waals surface area contributed by atoms with Gasteiger partial charge < -0.3 is 9.63 Å². The third kappa shape index (κ3) is 3.66. The summed E-state index contributed by atoms with van der Waals surface area (Å²) in [6, 6.07) is 21.7. The van der Waals surface area contributed by atoms with E-state index in [1.54, 1.807) is 0 Å². The second kappa shape index (κ2) is 7.21. The highest BCUT2D eigenvalue weighted by molar-refractivity contribution is 5.81. The van der Waals surface area contributed by atoms with E-state index < -0.39 is 0 Å². The molecule has 0 saturated heterocycles. The van der Waals surface area contributed by atoms with Crippen LogP contribution >= 0.6 is 0 Å². The van der Waals surface area contributed by atoms with Crippen LogP contribution in [0.15, 0.2) is 71.3 Å². The SMILES string of the molecule is Cc1ccccc1-c1noc(-c2cc(C(C)(C)C)cc(-c3ccccc3)c2O)n1. The maximum absolute atomic E-state index is 11.1. The van der Waals surface area contributed by atoms with E-state index in [0.29, 0.717) is 17.3 Å². The highest BCUT2D eigenvalue weighted by atomic mass is 16.5. The third-order valence-corrected chi connectivity index (χ3v) is 5.10. The lowest BCUT2D eigenvalue weighted by atomic mass is 9.83. The summed E-state index contributed by atoms with van der Waals surface area (Å²) in [5.41, 5.74) is 5.20. The van der Waals surface area contributed by atoms with E-state index >= 15 is 0 Å². The fourth-order valence-corrected chi connectivity index (χ4v) is 3.33.